The second-order valence-electron chi connectivity index (χ2n) is 6.97. The third-order valence-electron chi connectivity index (χ3n) is 4.66. The zero-order valence-electron chi connectivity index (χ0n) is 17.2. The summed E-state index contributed by atoms with van der Waals surface area (Å²) < 4.78 is 5.73. The molecule has 0 aliphatic carbocycles. The van der Waals surface area contributed by atoms with Crippen molar-refractivity contribution in [2.45, 2.75) is 19.3 Å². The van der Waals surface area contributed by atoms with Crippen LogP contribution >= 0.6 is 0 Å². The summed E-state index contributed by atoms with van der Waals surface area (Å²) in [6.07, 6.45) is 0.439. The van der Waals surface area contributed by atoms with Gasteiger partial charge in [-0.2, -0.15) is 0 Å². The van der Waals surface area contributed by atoms with Gasteiger partial charge in [0, 0.05) is 50.3 Å². The molecule has 3 rings (SSSR count). The van der Waals surface area contributed by atoms with Crippen LogP contribution in [0.3, 0.4) is 0 Å². The van der Waals surface area contributed by atoms with Gasteiger partial charge in [0.1, 0.15) is 12.4 Å². The number of ether oxygens (including phenoxy) is 1. The van der Waals surface area contributed by atoms with E-state index in [1.165, 1.54) is 6.92 Å². The van der Waals surface area contributed by atoms with Crippen molar-refractivity contribution in [3.8, 4) is 5.75 Å². The number of hydrogen-bond acceptors (Lipinski definition) is 4. The SMILES string of the molecule is CN=C(NCCOc1cccc(NC(C)=O)c1)NCC1CC(=O)Nc2ccccc21. The molecule has 1 unspecified atom stereocenters. The van der Waals surface area contributed by atoms with E-state index in [9.17, 15) is 9.59 Å². The van der Waals surface area contributed by atoms with Crippen molar-refractivity contribution in [2.24, 2.45) is 4.99 Å². The van der Waals surface area contributed by atoms with Crippen molar-refractivity contribution in [3.63, 3.8) is 0 Å². The van der Waals surface area contributed by atoms with Crippen molar-refractivity contribution in [1.29, 1.82) is 0 Å². The minimum atomic E-state index is -0.123. The fourth-order valence-electron chi connectivity index (χ4n) is 3.33. The molecule has 8 nitrogen and oxygen atoms in total. The van der Waals surface area contributed by atoms with Gasteiger partial charge in [0.25, 0.3) is 0 Å². The number of nitrogens with zero attached hydrogens (tertiary/aromatic N) is 1. The van der Waals surface area contributed by atoms with E-state index in [-0.39, 0.29) is 17.7 Å². The molecule has 2 aromatic rings. The molecule has 0 radical (unpaired) electrons. The zero-order chi connectivity index (χ0) is 21.3. The molecule has 0 fully saturated rings. The monoisotopic (exact) mass is 409 g/mol. The predicted molar refractivity (Wildman–Crippen MR) is 118 cm³/mol. The first-order chi connectivity index (χ1) is 14.5. The van der Waals surface area contributed by atoms with E-state index < -0.39 is 0 Å². The standard InChI is InChI=1S/C22H27N5O3/c1-15(28)26-17-6-5-7-18(13-17)30-11-10-24-22(23-2)25-14-16-12-21(29)27-20-9-4-3-8-19(16)20/h3-9,13,16H,10-12,14H2,1-2H3,(H,26,28)(H,27,29)(H2,23,24,25). The van der Waals surface area contributed by atoms with Gasteiger partial charge in [-0.05, 0) is 23.8 Å². The molecular formula is C22H27N5O3. The van der Waals surface area contributed by atoms with Gasteiger partial charge in [-0.3, -0.25) is 14.6 Å². The minimum absolute atomic E-state index is 0.0262. The molecule has 1 atom stereocenters. The first-order valence-electron chi connectivity index (χ1n) is 9.89. The van der Waals surface area contributed by atoms with Crippen LogP contribution in [0.15, 0.2) is 53.5 Å². The largest absolute Gasteiger partial charge is 0.492 e. The quantitative estimate of drug-likeness (QED) is 0.319. The number of para-hydroxylation sites is 1. The third kappa shape index (κ3) is 5.97. The van der Waals surface area contributed by atoms with E-state index >= 15 is 0 Å². The van der Waals surface area contributed by atoms with Crippen LogP contribution in [-0.2, 0) is 9.59 Å². The van der Waals surface area contributed by atoms with Crippen molar-refractivity contribution in [2.75, 3.05) is 37.4 Å². The number of fused-ring (bicyclic) bond motifs is 1. The lowest BCUT2D eigenvalue weighted by atomic mass is 9.90. The Morgan fingerprint density at radius 3 is 2.83 bits per heavy atom. The second kappa shape index (κ2) is 10.3. The normalized spacial score (nSPS) is 15.6. The Kier molecular flexibility index (Phi) is 7.26. The topological polar surface area (TPSA) is 104 Å². The maximum atomic E-state index is 12.0. The first-order valence-corrected chi connectivity index (χ1v) is 9.89. The number of carbonyl (C=O) groups is 2. The maximum absolute atomic E-state index is 12.0. The number of amides is 2. The smallest absolute Gasteiger partial charge is 0.225 e. The molecule has 1 aliphatic rings. The number of nitrogens with one attached hydrogen (secondary N) is 4. The van der Waals surface area contributed by atoms with E-state index in [4.69, 9.17) is 4.74 Å². The molecule has 0 spiro atoms. The molecule has 1 aliphatic heterocycles. The lowest BCUT2D eigenvalue weighted by Crippen LogP contribution is -2.42. The van der Waals surface area contributed by atoms with Gasteiger partial charge in [0.05, 0.1) is 6.54 Å². The molecule has 0 saturated carbocycles. The lowest BCUT2D eigenvalue weighted by molar-refractivity contribution is -0.117. The number of benzene rings is 2. The first kappa shape index (κ1) is 21.2. The Balaban J connectivity index is 1.45. The van der Waals surface area contributed by atoms with E-state index in [0.717, 1.165) is 11.3 Å². The van der Waals surface area contributed by atoms with Crippen molar-refractivity contribution in [3.05, 3.63) is 54.1 Å². The number of aliphatic imine (C=N–C) groups is 1. The van der Waals surface area contributed by atoms with Crippen LogP contribution in [-0.4, -0.2) is 44.5 Å². The van der Waals surface area contributed by atoms with Gasteiger partial charge in [-0.15, -0.1) is 0 Å². The van der Waals surface area contributed by atoms with E-state index in [0.29, 0.717) is 43.5 Å². The highest BCUT2D eigenvalue weighted by atomic mass is 16.5. The Hall–Kier alpha value is -3.55. The van der Waals surface area contributed by atoms with E-state index in [1.54, 1.807) is 13.1 Å². The molecule has 8 heteroatoms. The number of anilines is 2. The Morgan fingerprint density at radius 2 is 2.03 bits per heavy atom. The van der Waals surface area contributed by atoms with Gasteiger partial charge < -0.3 is 26.0 Å². The molecule has 30 heavy (non-hydrogen) atoms. The van der Waals surface area contributed by atoms with E-state index in [1.807, 2.05) is 42.5 Å². The molecule has 1 heterocycles. The Bertz CT molecular complexity index is 928. The highest BCUT2D eigenvalue weighted by Crippen LogP contribution is 2.31. The zero-order valence-corrected chi connectivity index (χ0v) is 17.2. The summed E-state index contributed by atoms with van der Waals surface area (Å²) >= 11 is 0. The average Bonchev–Trinajstić information content (AvgIpc) is 2.72. The summed E-state index contributed by atoms with van der Waals surface area (Å²) in [5, 5.41) is 12.1. The molecule has 4 N–H and O–H groups in total. The number of rotatable bonds is 7. The van der Waals surface area contributed by atoms with Crippen LogP contribution in [0.5, 0.6) is 5.75 Å². The number of carbonyl (C=O) groups excluding carboxylic acids is 2. The summed E-state index contributed by atoms with van der Waals surface area (Å²) in [7, 11) is 1.70. The lowest BCUT2D eigenvalue weighted by Gasteiger charge is -2.26. The fourth-order valence-corrected chi connectivity index (χ4v) is 3.33. The van der Waals surface area contributed by atoms with E-state index in [2.05, 4.69) is 26.3 Å². The molecule has 0 bridgehead atoms. The number of guanidine groups is 1. The number of hydrogen-bond donors (Lipinski definition) is 4. The summed E-state index contributed by atoms with van der Waals surface area (Å²) in [5.41, 5.74) is 2.70. The Morgan fingerprint density at radius 1 is 1.20 bits per heavy atom. The van der Waals surface area contributed by atoms with Crippen molar-refractivity contribution >= 4 is 29.1 Å². The predicted octanol–water partition coefficient (Wildman–Crippen LogP) is 2.31. The van der Waals surface area contributed by atoms with Gasteiger partial charge in [-0.1, -0.05) is 24.3 Å². The Labute approximate surface area is 176 Å². The van der Waals surface area contributed by atoms with Crippen molar-refractivity contribution in [1.82, 2.24) is 10.6 Å². The third-order valence-corrected chi connectivity index (χ3v) is 4.66. The minimum Gasteiger partial charge on any atom is -0.492 e. The molecule has 0 aromatic heterocycles. The van der Waals surface area contributed by atoms with Crippen LogP contribution < -0.4 is 26.0 Å². The highest BCUT2D eigenvalue weighted by Gasteiger charge is 2.24. The van der Waals surface area contributed by atoms with Crippen LogP contribution in [0.2, 0.25) is 0 Å². The van der Waals surface area contributed by atoms with Gasteiger partial charge in [0.2, 0.25) is 11.8 Å². The second-order valence-corrected chi connectivity index (χ2v) is 6.97. The molecule has 2 aromatic carbocycles. The van der Waals surface area contributed by atoms with Gasteiger partial charge in [-0.25, -0.2) is 0 Å². The van der Waals surface area contributed by atoms with Crippen LogP contribution in [0.1, 0.15) is 24.8 Å². The summed E-state index contributed by atoms with van der Waals surface area (Å²) in [4.78, 5) is 27.3. The highest BCUT2D eigenvalue weighted by molar-refractivity contribution is 5.94. The molecular weight excluding hydrogens is 382 g/mol. The van der Waals surface area contributed by atoms with Crippen LogP contribution in [0.25, 0.3) is 0 Å². The van der Waals surface area contributed by atoms with Crippen LogP contribution in [0, 0.1) is 0 Å². The van der Waals surface area contributed by atoms with Gasteiger partial charge >= 0.3 is 0 Å². The van der Waals surface area contributed by atoms with Crippen LogP contribution in [0.4, 0.5) is 11.4 Å². The maximum Gasteiger partial charge on any atom is 0.225 e. The average molecular weight is 409 g/mol. The summed E-state index contributed by atoms with van der Waals surface area (Å²) in [6.45, 7) is 3.04. The summed E-state index contributed by atoms with van der Waals surface area (Å²) in [6, 6.07) is 15.1. The molecule has 2 amide bonds. The molecule has 158 valence electrons. The van der Waals surface area contributed by atoms with Gasteiger partial charge in [0.15, 0.2) is 5.96 Å². The van der Waals surface area contributed by atoms with Crippen molar-refractivity contribution < 1.29 is 14.3 Å². The fraction of sp³-hybridized carbons (Fsp3) is 0.318. The summed E-state index contributed by atoms with van der Waals surface area (Å²) in [5.74, 6) is 1.31. The molecule has 0 saturated heterocycles.